The molecule has 1 N–H and O–H groups in total. The lowest BCUT2D eigenvalue weighted by Gasteiger charge is -2.14. The molecule has 1 saturated heterocycles. The molecule has 0 unspecified atom stereocenters. The number of fused-ring (bicyclic) bond motifs is 3. The SMILES string of the molecule is N#CC1=Cc2c([nH]c3ncc(-c4ccc(CN5CCCC5)cc4)cc23)C=CC1. The number of hydrogen-bond acceptors (Lipinski definition) is 3. The van der Waals surface area contributed by atoms with Crippen molar-refractivity contribution < 1.29 is 0 Å². The lowest BCUT2D eigenvalue weighted by molar-refractivity contribution is 0.331. The molecule has 5 rings (SSSR count). The smallest absolute Gasteiger partial charge is 0.138 e. The zero-order valence-electron chi connectivity index (χ0n) is 15.8. The monoisotopic (exact) mass is 366 g/mol. The highest BCUT2D eigenvalue weighted by Gasteiger charge is 2.14. The summed E-state index contributed by atoms with van der Waals surface area (Å²) >= 11 is 0. The minimum atomic E-state index is 0.673. The van der Waals surface area contributed by atoms with Gasteiger partial charge in [-0.1, -0.05) is 30.3 Å². The summed E-state index contributed by atoms with van der Waals surface area (Å²) in [5.74, 6) is 0. The highest BCUT2D eigenvalue weighted by atomic mass is 15.1. The Kier molecular flexibility index (Phi) is 4.31. The van der Waals surface area contributed by atoms with Crippen molar-refractivity contribution in [3.63, 3.8) is 0 Å². The Morgan fingerprint density at radius 1 is 1.11 bits per heavy atom. The zero-order valence-corrected chi connectivity index (χ0v) is 15.8. The number of benzene rings is 1. The first-order valence-corrected chi connectivity index (χ1v) is 9.91. The van der Waals surface area contributed by atoms with Crippen LogP contribution in [0.2, 0.25) is 0 Å². The maximum Gasteiger partial charge on any atom is 0.138 e. The van der Waals surface area contributed by atoms with E-state index in [1.54, 1.807) is 0 Å². The Hall–Kier alpha value is -3.16. The van der Waals surface area contributed by atoms with E-state index < -0.39 is 0 Å². The van der Waals surface area contributed by atoms with E-state index in [1.165, 1.54) is 37.1 Å². The summed E-state index contributed by atoms with van der Waals surface area (Å²) in [4.78, 5) is 10.5. The summed E-state index contributed by atoms with van der Waals surface area (Å²) in [6.45, 7) is 3.47. The number of aromatic nitrogens is 2. The van der Waals surface area contributed by atoms with Crippen LogP contribution in [0.25, 0.3) is 34.3 Å². The molecular weight excluding hydrogens is 344 g/mol. The summed E-state index contributed by atoms with van der Waals surface area (Å²) in [6.07, 6.45) is 11.3. The van der Waals surface area contributed by atoms with Crippen LogP contribution in [0, 0.1) is 11.3 Å². The van der Waals surface area contributed by atoms with E-state index >= 15 is 0 Å². The minimum Gasteiger partial charge on any atom is -0.339 e. The van der Waals surface area contributed by atoms with E-state index in [4.69, 9.17) is 0 Å². The molecule has 0 atom stereocenters. The summed E-state index contributed by atoms with van der Waals surface area (Å²) in [7, 11) is 0. The molecule has 28 heavy (non-hydrogen) atoms. The number of nitrogens with zero attached hydrogens (tertiary/aromatic N) is 3. The molecular formula is C24H22N4. The van der Waals surface area contributed by atoms with Gasteiger partial charge in [0.15, 0.2) is 0 Å². The van der Waals surface area contributed by atoms with Crippen LogP contribution in [0.4, 0.5) is 0 Å². The highest BCUT2D eigenvalue weighted by molar-refractivity contribution is 5.94. The Bertz CT molecular complexity index is 1120. The molecule has 0 amide bonds. The van der Waals surface area contributed by atoms with Crippen molar-refractivity contribution in [1.29, 1.82) is 5.26 Å². The van der Waals surface area contributed by atoms with Crippen molar-refractivity contribution >= 4 is 23.2 Å². The summed E-state index contributed by atoms with van der Waals surface area (Å²) < 4.78 is 0. The number of pyridine rings is 1. The molecule has 1 aliphatic heterocycles. The quantitative estimate of drug-likeness (QED) is 0.697. The molecule has 4 nitrogen and oxygen atoms in total. The topological polar surface area (TPSA) is 55.7 Å². The maximum absolute atomic E-state index is 9.33. The maximum atomic E-state index is 9.33. The number of likely N-dealkylation sites (tertiary alicyclic amines) is 1. The predicted octanol–water partition coefficient (Wildman–Crippen LogP) is 5.15. The van der Waals surface area contributed by atoms with Gasteiger partial charge in [0.2, 0.25) is 0 Å². The van der Waals surface area contributed by atoms with Crippen molar-refractivity contribution in [2.75, 3.05) is 13.1 Å². The molecule has 1 fully saturated rings. The summed E-state index contributed by atoms with van der Waals surface area (Å²) in [5, 5.41) is 10.4. The molecule has 0 bridgehead atoms. The fraction of sp³-hybridized carbons (Fsp3) is 0.250. The van der Waals surface area contributed by atoms with Crippen LogP contribution in [0.5, 0.6) is 0 Å². The number of nitrogens with one attached hydrogen (secondary N) is 1. The van der Waals surface area contributed by atoms with Gasteiger partial charge in [0.05, 0.1) is 6.07 Å². The molecule has 1 aliphatic carbocycles. The third kappa shape index (κ3) is 3.15. The van der Waals surface area contributed by atoms with Crippen LogP contribution in [0.1, 0.15) is 36.1 Å². The predicted molar refractivity (Wildman–Crippen MR) is 113 cm³/mol. The van der Waals surface area contributed by atoms with Gasteiger partial charge in [-0.25, -0.2) is 4.98 Å². The molecule has 0 spiro atoms. The number of H-pyrrole nitrogens is 1. The molecule has 2 aromatic heterocycles. The number of nitriles is 1. The molecule has 3 heterocycles. The number of rotatable bonds is 3. The number of aromatic amines is 1. The molecule has 0 radical (unpaired) electrons. The second-order valence-corrected chi connectivity index (χ2v) is 7.64. The average Bonchev–Trinajstić information content (AvgIpc) is 3.30. The fourth-order valence-electron chi connectivity index (χ4n) is 4.17. The molecule has 1 aromatic carbocycles. The van der Waals surface area contributed by atoms with Gasteiger partial charge in [-0.3, -0.25) is 4.90 Å². The number of hydrogen-bond donors (Lipinski definition) is 1. The van der Waals surface area contributed by atoms with Crippen molar-refractivity contribution in [3.05, 3.63) is 65.0 Å². The fourth-order valence-corrected chi connectivity index (χ4v) is 4.17. The zero-order chi connectivity index (χ0) is 18.9. The molecule has 138 valence electrons. The first-order valence-electron chi connectivity index (χ1n) is 9.91. The van der Waals surface area contributed by atoms with Gasteiger partial charge in [0.25, 0.3) is 0 Å². The van der Waals surface area contributed by atoms with E-state index in [2.05, 4.69) is 51.3 Å². The van der Waals surface area contributed by atoms with Crippen LogP contribution in [-0.4, -0.2) is 28.0 Å². The van der Waals surface area contributed by atoms with Crippen molar-refractivity contribution in [3.8, 4) is 17.2 Å². The largest absolute Gasteiger partial charge is 0.339 e. The van der Waals surface area contributed by atoms with E-state index in [0.29, 0.717) is 6.42 Å². The van der Waals surface area contributed by atoms with Crippen molar-refractivity contribution in [1.82, 2.24) is 14.9 Å². The van der Waals surface area contributed by atoms with E-state index in [0.717, 1.165) is 40.0 Å². The normalized spacial score (nSPS) is 16.6. The van der Waals surface area contributed by atoms with E-state index in [-0.39, 0.29) is 0 Å². The van der Waals surface area contributed by atoms with Gasteiger partial charge < -0.3 is 4.98 Å². The first kappa shape index (κ1) is 17.0. The first-order chi connectivity index (χ1) is 13.8. The Labute approximate surface area is 164 Å². The van der Waals surface area contributed by atoms with Gasteiger partial charge in [-0.15, -0.1) is 0 Å². The van der Waals surface area contributed by atoms with Crippen LogP contribution in [0.3, 0.4) is 0 Å². The molecule has 0 saturated carbocycles. The second kappa shape index (κ2) is 7.10. The van der Waals surface area contributed by atoms with Gasteiger partial charge in [-0.2, -0.15) is 5.26 Å². The van der Waals surface area contributed by atoms with Gasteiger partial charge in [-0.05, 0) is 55.3 Å². The second-order valence-electron chi connectivity index (χ2n) is 7.64. The Morgan fingerprint density at radius 2 is 1.93 bits per heavy atom. The minimum absolute atomic E-state index is 0.673. The highest BCUT2D eigenvalue weighted by Crippen LogP contribution is 2.31. The van der Waals surface area contributed by atoms with Crippen molar-refractivity contribution in [2.45, 2.75) is 25.8 Å². The van der Waals surface area contributed by atoms with Gasteiger partial charge in [0, 0.05) is 46.9 Å². The molecule has 4 heteroatoms. The molecule has 2 aliphatic rings. The summed E-state index contributed by atoms with van der Waals surface area (Å²) in [6, 6.07) is 13.3. The Morgan fingerprint density at radius 3 is 2.71 bits per heavy atom. The standard InChI is InChI=1S/C24H22N4/c25-14-18-4-3-5-23-21(12-18)22-13-20(15-26-24(22)27-23)19-8-6-17(7-9-19)16-28-10-1-2-11-28/h3,5-9,12-13,15H,1-2,4,10-11,16H2,(H,26,27). The van der Waals surface area contributed by atoms with Crippen LogP contribution >= 0.6 is 0 Å². The van der Waals surface area contributed by atoms with Crippen LogP contribution in [-0.2, 0) is 6.54 Å². The van der Waals surface area contributed by atoms with Gasteiger partial charge in [0.1, 0.15) is 5.65 Å². The lowest BCUT2D eigenvalue weighted by Crippen LogP contribution is -2.18. The van der Waals surface area contributed by atoms with Gasteiger partial charge >= 0.3 is 0 Å². The average molecular weight is 366 g/mol. The third-order valence-corrected chi connectivity index (χ3v) is 5.70. The van der Waals surface area contributed by atoms with Crippen LogP contribution < -0.4 is 0 Å². The molecule has 3 aromatic rings. The lowest BCUT2D eigenvalue weighted by atomic mass is 10.0. The van der Waals surface area contributed by atoms with E-state index in [1.807, 2.05) is 24.4 Å². The third-order valence-electron chi connectivity index (χ3n) is 5.70. The summed E-state index contributed by atoms with van der Waals surface area (Å²) in [5.41, 5.74) is 7.34. The number of allylic oxidation sites excluding steroid dienone is 2. The van der Waals surface area contributed by atoms with Crippen LogP contribution in [0.15, 0.2) is 48.2 Å². The van der Waals surface area contributed by atoms with Crippen molar-refractivity contribution in [2.24, 2.45) is 0 Å². The van der Waals surface area contributed by atoms with E-state index in [9.17, 15) is 5.26 Å². The Balaban J connectivity index is 1.49.